The van der Waals surface area contributed by atoms with E-state index in [0.29, 0.717) is 17.6 Å². The third-order valence-corrected chi connectivity index (χ3v) is 3.71. The molecule has 3 rings (SSSR count). The molecule has 5 heteroatoms. The summed E-state index contributed by atoms with van der Waals surface area (Å²) in [6.45, 7) is 4.34. The van der Waals surface area contributed by atoms with Crippen molar-refractivity contribution < 1.29 is 4.79 Å². The summed E-state index contributed by atoms with van der Waals surface area (Å²) in [5, 5.41) is 14.1. The minimum absolute atomic E-state index is 0.0410. The fourth-order valence-corrected chi connectivity index (χ4v) is 2.14. The Morgan fingerprint density at radius 2 is 1.68 bits per heavy atom. The molecule has 0 radical (unpaired) electrons. The van der Waals surface area contributed by atoms with E-state index in [1.54, 1.807) is 6.07 Å². The van der Waals surface area contributed by atoms with Gasteiger partial charge in [-0.1, -0.05) is 26.0 Å². The van der Waals surface area contributed by atoms with Gasteiger partial charge in [0.2, 0.25) is 5.91 Å². The van der Waals surface area contributed by atoms with E-state index in [2.05, 4.69) is 46.8 Å². The molecule has 22 heavy (non-hydrogen) atoms. The number of carbonyl (C=O) groups is 1. The van der Waals surface area contributed by atoms with Crippen LogP contribution in [0.4, 0.5) is 17.3 Å². The summed E-state index contributed by atoms with van der Waals surface area (Å²) in [7, 11) is 0. The summed E-state index contributed by atoms with van der Waals surface area (Å²) in [5.74, 6) is 1.88. The Morgan fingerprint density at radius 1 is 1.05 bits per heavy atom. The number of hydrogen-bond donors (Lipinski definition) is 2. The second kappa shape index (κ2) is 6.13. The van der Waals surface area contributed by atoms with E-state index in [9.17, 15) is 4.79 Å². The van der Waals surface area contributed by atoms with Crippen molar-refractivity contribution in [3.05, 3.63) is 42.0 Å². The number of nitrogens with one attached hydrogen (secondary N) is 2. The Hall–Kier alpha value is -2.43. The molecule has 1 fully saturated rings. The summed E-state index contributed by atoms with van der Waals surface area (Å²) >= 11 is 0. The van der Waals surface area contributed by atoms with Gasteiger partial charge in [0.25, 0.3) is 0 Å². The van der Waals surface area contributed by atoms with E-state index in [0.717, 1.165) is 18.5 Å². The molecule has 1 aromatic heterocycles. The zero-order valence-corrected chi connectivity index (χ0v) is 12.8. The molecule has 1 saturated carbocycles. The second-order valence-electron chi connectivity index (χ2n) is 5.97. The van der Waals surface area contributed by atoms with E-state index in [-0.39, 0.29) is 11.8 Å². The number of hydrogen-bond acceptors (Lipinski definition) is 4. The van der Waals surface area contributed by atoms with Gasteiger partial charge in [0.05, 0.1) is 0 Å². The van der Waals surface area contributed by atoms with Crippen LogP contribution in [-0.2, 0) is 4.79 Å². The molecule has 2 aromatic rings. The van der Waals surface area contributed by atoms with E-state index in [4.69, 9.17) is 0 Å². The number of benzene rings is 1. The number of aromatic nitrogens is 2. The smallest absolute Gasteiger partial charge is 0.228 e. The largest absolute Gasteiger partial charge is 0.339 e. The molecule has 0 unspecified atom stereocenters. The van der Waals surface area contributed by atoms with Crippen LogP contribution < -0.4 is 10.6 Å². The highest BCUT2D eigenvalue weighted by Gasteiger charge is 2.29. The van der Waals surface area contributed by atoms with E-state index < -0.39 is 0 Å². The second-order valence-corrected chi connectivity index (χ2v) is 5.97. The first-order valence-corrected chi connectivity index (χ1v) is 7.63. The van der Waals surface area contributed by atoms with Gasteiger partial charge in [-0.05, 0) is 48.6 Å². The lowest BCUT2D eigenvalue weighted by atomic mass is 10.0. The average Bonchev–Trinajstić information content (AvgIpc) is 3.34. The molecular formula is C17H20N4O. The molecule has 0 bridgehead atoms. The quantitative estimate of drug-likeness (QED) is 0.883. The maximum absolute atomic E-state index is 11.6. The summed E-state index contributed by atoms with van der Waals surface area (Å²) < 4.78 is 0. The van der Waals surface area contributed by atoms with Gasteiger partial charge in [-0.2, -0.15) is 0 Å². The summed E-state index contributed by atoms with van der Waals surface area (Å²) in [5.41, 5.74) is 2.27. The number of amides is 1. The first kappa shape index (κ1) is 14.5. The Morgan fingerprint density at radius 3 is 2.23 bits per heavy atom. The van der Waals surface area contributed by atoms with Gasteiger partial charge >= 0.3 is 0 Å². The van der Waals surface area contributed by atoms with Crippen molar-refractivity contribution in [3.8, 4) is 0 Å². The lowest BCUT2D eigenvalue weighted by Crippen LogP contribution is -2.14. The average molecular weight is 296 g/mol. The SMILES string of the molecule is CC(C)c1ccc(Nc2ccc(NC(=O)C3CC3)nn2)cc1. The Bertz CT molecular complexity index is 645. The molecule has 0 aliphatic heterocycles. The Kier molecular flexibility index (Phi) is 4.04. The molecule has 5 nitrogen and oxygen atoms in total. The van der Waals surface area contributed by atoms with Crippen LogP contribution in [0.25, 0.3) is 0 Å². The lowest BCUT2D eigenvalue weighted by molar-refractivity contribution is -0.117. The van der Waals surface area contributed by atoms with Gasteiger partial charge in [-0.15, -0.1) is 10.2 Å². The van der Waals surface area contributed by atoms with Crippen molar-refractivity contribution in [3.63, 3.8) is 0 Å². The fraction of sp³-hybridized carbons (Fsp3) is 0.353. The molecule has 1 aromatic carbocycles. The highest BCUT2D eigenvalue weighted by molar-refractivity contribution is 5.93. The number of anilines is 3. The minimum atomic E-state index is 0.0410. The zero-order valence-electron chi connectivity index (χ0n) is 12.8. The third-order valence-electron chi connectivity index (χ3n) is 3.71. The molecule has 1 aliphatic rings. The van der Waals surface area contributed by atoms with Crippen LogP contribution in [0.15, 0.2) is 36.4 Å². The summed E-state index contributed by atoms with van der Waals surface area (Å²) in [6.07, 6.45) is 1.95. The summed E-state index contributed by atoms with van der Waals surface area (Å²) in [6, 6.07) is 11.8. The van der Waals surface area contributed by atoms with Crippen LogP contribution in [0.3, 0.4) is 0 Å². The molecule has 1 aliphatic carbocycles. The molecule has 114 valence electrons. The molecule has 2 N–H and O–H groups in total. The molecule has 0 saturated heterocycles. The van der Waals surface area contributed by atoms with Gasteiger partial charge in [0.15, 0.2) is 11.6 Å². The standard InChI is InChI=1S/C17H20N4O/c1-11(2)12-5-7-14(8-6-12)18-15-9-10-16(21-20-15)19-17(22)13-3-4-13/h5-11,13H,3-4H2,1-2H3,(H,18,20)(H,19,21,22). The molecule has 1 amide bonds. The Labute approximate surface area is 130 Å². The van der Waals surface area contributed by atoms with Crippen molar-refractivity contribution in [1.82, 2.24) is 10.2 Å². The highest BCUT2D eigenvalue weighted by atomic mass is 16.2. The van der Waals surface area contributed by atoms with Gasteiger partial charge in [0.1, 0.15) is 0 Å². The van der Waals surface area contributed by atoms with Crippen molar-refractivity contribution in [2.24, 2.45) is 5.92 Å². The molecule has 0 atom stereocenters. The Balaban J connectivity index is 1.61. The van der Waals surface area contributed by atoms with Gasteiger partial charge in [0, 0.05) is 11.6 Å². The molecule has 0 spiro atoms. The monoisotopic (exact) mass is 296 g/mol. The summed E-state index contributed by atoms with van der Waals surface area (Å²) in [4.78, 5) is 11.6. The van der Waals surface area contributed by atoms with Crippen LogP contribution in [0.5, 0.6) is 0 Å². The third kappa shape index (κ3) is 3.61. The minimum Gasteiger partial charge on any atom is -0.339 e. The van der Waals surface area contributed by atoms with E-state index >= 15 is 0 Å². The van der Waals surface area contributed by atoms with Gasteiger partial charge in [-0.25, -0.2) is 0 Å². The van der Waals surface area contributed by atoms with Crippen molar-refractivity contribution in [2.45, 2.75) is 32.6 Å². The zero-order chi connectivity index (χ0) is 15.5. The molecular weight excluding hydrogens is 276 g/mol. The van der Waals surface area contributed by atoms with E-state index in [1.165, 1.54) is 5.56 Å². The lowest BCUT2D eigenvalue weighted by Gasteiger charge is -2.09. The number of nitrogens with zero attached hydrogens (tertiary/aromatic N) is 2. The normalized spacial score (nSPS) is 14.0. The number of rotatable bonds is 5. The first-order chi connectivity index (χ1) is 10.6. The maximum Gasteiger partial charge on any atom is 0.228 e. The first-order valence-electron chi connectivity index (χ1n) is 7.63. The maximum atomic E-state index is 11.6. The van der Waals surface area contributed by atoms with Gasteiger partial charge in [-0.3, -0.25) is 4.79 Å². The van der Waals surface area contributed by atoms with Crippen molar-refractivity contribution in [2.75, 3.05) is 10.6 Å². The van der Waals surface area contributed by atoms with Crippen LogP contribution in [0.2, 0.25) is 0 Å². The number of carbonyl (C=O) groups excluding carboxylic acids is 1. The molecule has 1 heterocycles. The fourth-order valence-electron chi connectivity index (χ4n) is 2.14. The predicted molar refractivity (Wildman–Crippen MR) is 87.2 cm³/mol. The predicted octanol–water partition coefficient (Wildman–Crippen LogP) is 3.69. The van der Waals surface area contributed by atoms with Gasteiger partial charge < -0.3 is 10.6 Å². The van der Waals surface area contributed by atoms with Crippen LogP contribution in [-0.4, -0.2) is 16.1 Å². The van der Waals surface area contributed by atoms with Crippen LogP contribution >= 0.6 is 0 Å². The van der Waals surface area contributed by atoms with Crippen molar-refractivity contribution in [1.29, 1.82) is 0 Å². The van der Waals surface area contributed by atoms with Crippen molar-refractivity contribution >= 4 is 23.2 Å². The highest BCUT2D eigenvalue weighted by Crippen LogP contribution is 2.30. The van der Waals surface area contributed by atoms with Crippen LogP contribution in [0, 0.1) is 5.92 Å². The van der Waals surface area contributed by atoms with Crippen LogP contribution in [0.1, 0.15) is 38.2 Å². The topological polar surface area (TPSA) is 66.9 Å². The van der Waals surface area contributed by atoms with E-state index in [1.807, 2.05) is 18.2 Å².